The lowest BCUT2D eigenvalue weighted by Crippen LogP contribution is -1.94. The van der Waals surface area contributed by atoms with Crippen LogP contribution in [0.25, 0.3) is 0 Å². The largest absolute Gasteiger partial charge is 0.360 e. The highest BCUT2D eigenvalue weighted by Crippen LogP contribution is 2.14. The van der Waals surface area contributed by atoms with Crippen LogP contribution < -0.4 is 5.32 Å². The molecule has 0 amide bonds. The van der Waals surface area contributed by atoms with E-state index in [2.05, 4.69) is 24.9 Å². The van der Waals surface area contributed by atoms with Crippen molar-refractivity contribution < 1.29 is 0 Å². The number of nitrogens with one attached hydrogen (secondary N) is 1. The van der Waals surface area contributed by atoms with Crippen molar-refractivity contribution >= 4 is 5.69 Å². The maximum absolute atomic E-state index is 3.78. The smallest absolute Gasteiger partial charge is 0.0411 e. The molecule has 1 rings (SSSR count). The van der Waals surface area contributed by atoms with Crippen molar-refractivity contribution in [3.63, 3.8) is 0 Å². The number of hydrogen-bond donors (Lipinski definition) is 1. The molecule has 0 aromatic heterocycles. The summed E-state index contributed by atoms with van der Waals surface area (Å²) >= 11 is 0. The first-order valence-corrected chi connectivity index (χ1v) is 3.68. The van der Waals surface area contributed by atoms with E-state index in [0.29, 0.717) is 0 Å². The van der Waals surface area contributed by atoms with Crippen LogP contribution in [0, 0.1) is 6.92 Å². The highest BCUT2D eigenvalue weighted by molar-refractivity contribution is 5.53. The van der Waals surface area contributed by atoms with Crippen molar-refractivity contribution in [2.24, 2.45) is 0 Å². The second kappa shape index (κ2) is 3.24. The number of hydrogen-bond acceptors (Lipinski definition) is 1. The Labute approximate surface area is 67.8 Å². The lowest BCUT2D eigenvalue weighted by atomic mass is 10.2. The molecule has 1 N–H and O–H groups in total. The van der Waals surface area contributed by atoms with Crippen LogP contribution in [0.3, 0.4) is 0 Å². The first-order chi connectivity index (χ1) is 5.20. The minimum Gasteiger partial charge on any atom is -0.360 e. The quantitative estimate of drug-likeness (QED) is 0.678. The van der Waals surface area contributed by atoms with Crippen LogP contribution in [0.1, 0.15) is 12.5 Å². The molecule has 1 aromatic carbocycles. The van der Waals surface area contributed by atoms with Gasteiger partial charge in [-0.1, -0.05) is 24.8 Å². The summed E-state index contributed by atoms with van der Waals surface area (Å²) in [6.45, 7) is 7.81. The zero-order valence-corrected chi connectivity index (χ0v) is 7.02. The summed E-state index contributed by atoms with van der Waals surface area (Å²) in [6, 6.07) is 8.16. The van der Waals surface area contributed by atoms with Crippen LogP contribution >= 0.6 is 0 Å². The van der Waals surface area contributed by atoms with Gasteiger partial charge in [0.2, 0.25) is 0 Å². The highest BCUT2D eigenvalue weighted by Gasteiger charge is 1.93. The van der Waals surface area contributed by atoms with Crippen molar-refractivity contribution in [2.45, 2.75) is 13.8 Å². The van der Waals surface area contributed by atoms with Crippen LogP contribution in [0.2, 0.25) is 0 Å². The van der Waals surface area contributed by atoms with E-state index in [9.17, 15) is 0 Å². The molecule has 0 saturated carbocycles. The van der Waals surface area contributed by atoms with Gasteiger partial charge >= 0.3 is 0 Å². The average Bonchev–Trinajstić information content (AvgIpc) is 1.93. The van der Waals surface area contributed by atoms with Gasteiger partial charge in [0, 0.05) is 11.4 Å². The van der Waals surface area contributed by atoms with Gasteiger partial charge in [-0.15, -0.1) is 0 Å². The summed E-state index contributed by atoms with van der Waals surface area (Å²) in [5.41, 5.74) is 3.36. The molecule has 0 aliphatic carbocycles. The third kappa shape index (κ3) is 2.11. The summed E-state index contributed by atoms with van der Waals surface area (Å²) in [5, 5.41) is 3.18. The Balaban J connectivity index is 2.86. The van der Waals surface area contributed by atoms with Crippen LogP contribution in [-0.2, 0) is 0 Å². The summed E-state index contributed by atoms with van der Waals surface area (Å²) < 4.78 is 0. The van der Waals surface area contributed by atoms with Gasteiger partial charge in [0.05, 0.1) is 0 Å². The first-order valence-electron chi connectivity index (χ1n) is 3.68. The first kappa shape index (κ1) is 7.86. The summed E-state index contributed by atoms with van der Waals surface area (Å²) in [7, 11) is 0. The summed E-state index contributed by atoms with van der Waals surface area (Å²) in [6.07, 6.45) is 0. The van der Waals surface area contributed by atoms with Crippen molar-refractivity contribution in [3.8, 4) is 0 Å². The molecular formula is C10H13N. The lowest BCUT2D eigenvalue weighted by Gasteiger charge is -2.07. The van der Waals surface area contributed by atoms with Crippen LogP contribution in [0.5, 0.6) is 0 Å². The summed E-state index contributed by atoms with van der Waals surface area (Å²) in [4.78, 5) is 0. The standard InChI is InChI=1S/C10H13N/c1-8(2)11-10-7-5-4-6-9(10)3/h4-7,11H,1H2,2-3H3. The maximum Gasteiger partial charge on any atom is 0.0411 e. The predicted octanol–water partition coefficient (Wildman–Crippen LogP) is 2.94. The van der Waals surface area contributed by atoms with E-state index in [0.717, 1.165) is 11.4 Å². The minimum absolute atomic E-state index is 0.972. The second-order valence-corrected chi connectivity index (χ2v) is 2.72. The van der Waals surface area contributed by atoms with E-state index in [-0.39, 0.29) is 0 Å². The number of allylic oxidation sites excluding steroid dienone is 1. The number of anilines is 1. The fourth-order valence-corrected chi connectivity index (χ4v) is 0.943. The summed E-state index contributed by atoms with van der Waals surface area (Å²) in [5.74, 6) is 0. The van der Waals surface area contributed by atoms with Gasteiger partial charge in [0.15, 0.2) is 0 Å². The van der Waals surface area contributed by atoms with E-state index < -0.39 is 0 Å². The predicted molar refractivity (Wildman–Crippen MR) is 49.6 cm³/mol. The van der Waals surface area contributed by atoms with E-state index in [4.69, 9.17) is 0 Å². The normalized spacial score (nSPS) is 9.27. The van der Waals surface area contributed by atoms with Crippen molar-refractivity contribution in [1.29, 1.82) is 0 Å². The topological polar surface area (TPSA) is 12.0 Å². The van der Waals surface area contributed by atoms with Gasteiger partial charge in [0.25, 0.3) is 0 Å². The Hall–Kier alpha value is -1.24. The second-order valence-electron chi connectivity index (χ2n) is 2.72. The van der Waals surface area contributed by atoms with Gasteiger partial charge < -0.3 is 5.32 Å². The third-order valence-corrected chi connectivity index (χ3v) is 1.49. The molecule has 1 nitrogen and oxygen atoms in total. The molecule has 0 heterocycles. The molecule has 0 unspecified atom stereocenters. The van der Waals surface area contributed by atoms with Crippen LogP contribution in [-0.4, -0.2) is 0 Å². The van der Waals surface area contributed by atoms with Crippen LogP contribution in [0.15, 0.2) is 36.5 Å². The van der Waals surface area contributed by atoms with Gasteiger partial charge in [-0.3, -0.25) is 0 Å². The zero-order chi connectivity index (χ0) is 8.27. The van der Waals surface area contributed by atoms with E-state index in [1.165, 1.54) is 5.56 Å². The fraction of sp³-hybridized carbons (Fsp3) is 0.200. The van der Waals surface area contributed by atoms with E-state index >= 15 is 0 Å². The minimum atomic E-state index is 0.972. The zero-order valence-electron chi connectivity index (χ0n) is 7.02. The molecule has 58 valence electrons. The molecule has 1 aromatic rings. The molecule has 0 bridgehead atoms. The Morgan fingerprint density at radius 2 is 2.00 bits per heavy atom. The molecule has 0 aliphatic rings. The molecule has 0 fully saturated rings. The van der Waals surface area contributed by atoms with Gasteiger partial charge in [0.1, 0.15) is 0 Å². The Kier molecular flexibility index (Phi) is 2.32. The monoisotopic (exact) mass is 147 g/mol. The van der Waals surface area contributed by atoms with Gasteiger partial charge in [-0.2, -0.15) is 0 Å². The molecule has 0 saturated heterocycles. The molecule has 0 spiro atoms. The van der Waals surface area contributed by atoms with Crippen LogP contribution in [0.4, 0.5) is 5.69 Å². The molecular weight excluding hydrogens is 134 g/mol. The maximum atomic E-state index is 3.78. The molecule has 1 heteroatoms. The van der Waals surface area contributed by atoms with Crippen molar-refractivity contribution in [3.05, 3.63) is 42.1 Å². The third-order valence-electron chi connectivity index (χ3n) is 1.49. The van der Waals surface area contributed by atoms with Crippen molar-refractivity contribution in [2.75, 3.05) is 5.32 Å². The number of para-hydroxylation sites is 1. The van der Waals surface area contributed by atoms with Gasteiger partial charge in [-0.05, 0) is 25.5 Å². The molecule has 0 aliphatic heterocycles. The number of rotatable bonds is 2. The number of aryl methyl sites for hydroxylation is 1. The fourth-order valence-electron chi connectivity index (χ4n) is 0.943. The SMILES string of the molecule is C=C(C)Nc1ccccc1C. The van der Waals surface area contributed by atoms with E-state index in [1.807, 2.05) is 25.1 Å². The van der Waals surface area contributed by atoms with Gasteiger partial charge in [-0.25, -0.2) is 0 Å². The highest BCUT2D eigenvalue weighted by atomic mass is 14.9. The molecule has 0 radical (unpaired) electrons. The van der Waals surface area contributed by atoms with Crippen molar-refractivity contribution in [1.82, 2.24) is 0 Å². The molecule has 11 heavy (non-hydrogen) atoms. The Morgan fingerprint density at radius 3 is 2.55 bits per heavy atom. The Morgan fingerprint density at radius 1 is 1.36 bits per heavy atom. The number of benzene rings is 1. The molecule has 0 atom stereocenters. The Bertz CT molecular complexity index is 263. The average molecular weight is 147 g/mol. The van der Waals surface area contributed by atoms with E-state index in [1.54, 1.807) is 0 Å². The lowest BCUT2D eigenvalue weighted by molar-refractivity contribution is 1.35.